The molecule has 0 saturated carbocycles. The van der Waals surface area contributed by atoms with Crippen molar-refractivity contribution < 1.29 is 14.3 Å². The monoisotopic (exact) mass is 536 g/mol. The fourth-order valence-electron chi connectivity index (χ4n) is 6.56. The Morgan fingerprint density at radius 2 is 1.94 bits per heavy atom. The number of likely N-dealkylation sites (N-methyl/N-ethyl adjacent to an activating group) is 1. The van der Waals surface area contributed by atoms with Gasteiger partial charge in [0, 0.05) is 40.9 Å². The highest BCUT2D eigenvalue weighted by Gasteiger charge is 2.49. The first-order valence-corrected chi connectivity index (χ1v) is 13.4. The van der Waals surface area contributed by atoms with E-state index in [1.807, 2.05) is 18.2 Å². The van der Waals surface area contributed by atoms with Crippen LogP contribution in [0.1, 0.15) is 41.4 Å². The van der Waals surface area contributed by atoms with E-state index < -0.39 is 0 Å². The van der Waals surface area contributed by atoms with Crippen molar-refractivity contribution in [2.45, 2.75) is 45.2 Å². The summed E-state index contributed by atoms with van der Waals surface area (Å²) in [6, 6.07) is 16.7. The van der Waals surface area contributed by atoms with Crippen molar-refractivity contribution in [2.24, 2.45) is 17.8 Å². The number of halogens is 1. The highest BCUT2D eigenvalue weighted by molar-refractivity contribution is 9.10. The van der Waals surface area contributed by atoms with E-state index in [9.17, 15) is 9.59 Å². The number of hydrogen-bond donors (Lipinski definition) is 0. The zero-order valence-electron chi connectivity index (χ0n) is 20.7. The molecule has 1 aliphatic carbocycles. The minimum absolute atomic E-state index is 0.00541. The maximum Gasteiger partial charge on any atom is 0.310 e. The summed E-state index contributed by atoms with van der Waals surface area (Å²) in [6.07, 6.45) is 2.85. The summed E-state index contributed by atoms with van der Waals surface area (Å²) in [7, 11) is 3.59. The van der Waals surface area contributed by atoms with Crippen LogP contribution in [0.15, 0.2) is 53.0 Å². The molecule has 3 aromatic rings. The predicted octanol–water partition coefficient (Wildman–Crippen LogP) is 5.52. The van der Waals surface area contributed by atoms with Crippen molar-refractivity contribution in [1.82, 2.24) is 9.47 Å². The molecular weight excluding hydrogens is 504 g/mol. The average Bonchev–Trinajstić information content (AvgIpc) is 3.16. The van der Waals surface area contributed by atoms with Crippen molar-refractivity contribution in [3.05, 3.63) is 69.8 Å². The number of likely N-dealkylation sites (tertiary alicyclic amines) is 1. The first kappa shape index (κ1) is 24.3. The predicted molar refractivity (Wildman–Crippen MR) is 142 cm³/mol. The van der Waals surface area contributed by atoms with Crippen LogP contribution < -0.4 is 0 Å². The number of aryl methyl sites for hydroxylation is 2. The quantitative estimate of drug-likeness (QED) is 0.403. The molecule has 5 nitrogen and oxygen atoms in total. The van der Waals surface area contributed by atoms with E-state index in [1.54, 1.807) is 0 Å². The second-order valence-electron chi connectivity index (χ2n) is 10.1. The SMILES string of the molecule is CC[C@@H]1CN(C)[C@H]2Cc3c(n(CCc4cccc(Br)c4)c4ccccc34)C(=O)C[C@H]1C2C(=O)OC. The molecule has 0 spiro atoms. The summed E-state index contributed by atoms with van der Waals surface area (Å²) in [4.78, 5) is 29.4. The number of aromatic nitrogens is 1. The number of methoxy groups -OCH3 is 1. The van der Waals surface area contributed by atoms with Crippen LogP contribution in [-0.2, 0) is 28.9 Å². The number of hydrogen-bond acceptors (Lipinski definition) is 4. The molecule has 2 heterocycles. The Kier molecular flexibility index (Phi) is 6.86. The van der Waals surface area contributed by atoms with E-state index in [0.717, 1.165) is 52.6 Å². The summed E-state index contributed by atoms with van der Waals surface area (Å²) in [5.41, 5.74) is 4.25. The largest absolute Gasteiger partial charge is 0.469 e. The molecule has 1 aromatic heterocycles. The molecule has 2 aliphatic rings. The van der Waals surface area contributed by atoms with E-state index in [1.165, 1.54) is 12.7 Å². The van der Waals surface area contributed by atoms with Crippen LogP contribution in [0, 0.1) is 17.8 Å². The molecule has 0 amide bonds. The third-order valence-electron chi connectivity index (χ3n) is 8.26. The fourth-order valence-corrected chi connectivity index (χ4v) is 7.00. The number of carbonyl (C=O) groups is 2. The number of para-hydroxylation sites is 1. The van der Waals surface area contributed by atoms with Crippen molar-refractivity contribution in [1.29, 1.82) is 0 Å². The van der Waals surface area contributed by atoms with Crippen LogP contribution in [0.5, 0.6) is 0 Å². The van der Waals surface area contributed by atoms with Crippen LogP contribution in [0.3, 0.4) is 0 Å². The van der Waals surface area contributed by atoms with Crippen LogP contribution in [0.25, 0.3) is 10.9 Å². The third-order valence-corrected chi connectivity index (χ3v) is 8.75. The number of carbonyl (C=O) groups excluding carboxylic acids is 2. The fraction of sp³-hybridized carbons (Fsp3) is 0.448. The Morgan fingerprint density at radius 1 is 1.14 bits per heavy atom. The lowest BCUT2D eigenvalue weighted by Gasteiger charge is -2.48. The second-order valence-corrected chi connectivity index (χ2v) is 11.0. The summed E-state index contributed by atoms with van der Waals surface area (Å²) in [5, 5.41) is 1.12. The minimum Gasteiger partial charge on any atom is -0.469 e. The van der Waals surface area contributed by atoms with Crippen molar-refractivity contribution in [2.75, 3.05) is 20.7 Å². The number of fused-ring (bicyclic) bond motifs is 5. The van der Waals surface area contributed by atoms with Crippen LogP contribution in [0.2, 0.25) is 0 Å². The van der Waals surface area contributed by atoms with Crippen LogP contribution in [0.4, 0.5) is 0 Å². The molecule has 184 valence electrons. The number of nitrogens with zero attached hydrogens (tertiary/aromatic N) is 2. The number of ketones is 1. The van der Waals surface area contributed by atoms with Crippen molar-refractivity contribution in [3.63, 3.8) is 0 Å². The number of Topliss-reactive ketones (excluding diaryl/α,β-unsaturated/α-hetero) is 1. The Bertz CT molecular complexity index is 1270. The zero-order chi connectivity index (χ0) is 24.7. The summed E-state index contributed by atoms with van der Waals surface area (Å²) >= 11 is 3.57. The van der Waals surface area contributed by atoms with Gasteiger partial charge in [-0.05, 0) is 61.1 Å². The summed E-state index contributed by atoms with van der Waals surface area (Å²) in [6.45, 7) is 3.81. The molecule has 1 fully saturated rings. The average molecular weight is 537 g/mol. The highest BCUT2D eigenvalue weighted by Crippen LogP contribution is 2.43. The Hall–Kier alpha value is -2.44. The van der Waals surface area contributed by atoms with Gasteiger partial charge < -0.3 is 14.2 Å². The third kappa shape index (κ3) is 4.36. The number of rotatable bonds is 5. The van der Waals surface area contributed by atoms with Gasteiger partial charge in [0.1, 0.15) is 0 Å². The van der Waals surface area contributed by atoms with E-state index in [0.29, 0.717) is 18.8 Å². The molecule has 1 aliphatic heterocycles. The topological polar surface area (TPSA) is 51.5 Å². The number of piperidine rings is 1. The van der Waals surface area contributed by atoms with Gasteiger partial charge in [-0.2, -0.15) is 0 Å². The molecule has 4 atom stereocenters. The molecule has 2 aromatic carbocycles. The maximum atomic E-state index is 14.0. The number of esters is 1. The van der Waals surface area contributed by atoms with Crippen molar-refractivity contribution >= 4 is 38.6 Å². The van der Waals surface area contributed by atoms with Gasteiger partial charge in [0.2, 0.25) is 0 Å². The van der Waals surface area contributed by atoms with Crippen LogP contribution >= 0.6 is 15.9 Å². The Balaban J connectivity index is 1.63. The molecular formula is C29H33BrN2O3. The van der Waals surface area contributed by atoms with Gasteiger partial charge in [0.15, 0.2) is 5.78 Å². The normalized spacial score (nSPS) is 24.6. The van der Waals surface area contributed by atoms with E-state index in [2.05, 4.69) is 69.7 Å². The minimum atomic E-state index is -0.287. The van der Waals surface area contributed by atoms with Gasteiger partial charge in [-0.1, -0.05) is 59.6 Å². The standard InChI is InChI=1S/C29H33BrN2O3/c1-4-19-17-31(2)25-15-23-21-10-5-6-11-24(21)32(13-12-18-8-7-9-20(30)14-18)28(23)26(33)16-22(19)27(25)29(34)35-3/h5-11,14,19,22,25,27H,4,12-13,15-17H2,1-3H3/t19-,22-,25+,27?/m1/s1. The lowest BCUT2D eigenvalue weighted by molar-refractivity contribution is -0.154. The van der Waals surface area contributed by atoms with Gasteiger partial charge in [-0.3, -0.25) is 9.59 Å². The molecule has 6 heteroatoms. The van der Waals surface area contributed by atoms with Gasteiger partial charge in [-0.15, -0.1) is 0 Å². The highest BCUT2D eigenvalue weighted by atomic mass is 79.9. The molecule has 5 rings (SSSR count). The van der Waals surface area contributed by atoms with Gasteiger partial charge in [0.05, 0.1) is 18.7 Å². The first-order chi connectivity index (χ1) is 16.9. The molecule has 1 saturated heterocycles. The number of benzene rings is 2. The van der Waals surface area contributed by atoms with Crippen molar-refractivity contribution in [3.8, 4) is 0 Å². The zero-order valence-corrected chi connectivity index (χ0v) is 22.3. The summed E-state index contributed by atoms with van der Waals surface area (Å²) in [5.74, 6) is -0.00814. The molecule has 1 unspecified atom stereocenters. The first-order valence-electron chi connectivity index (χ1n) is 12.6. The van der Waals surface area contributed by atoms with Crippen LogP contribution in [-0.4, -0.2) is 48.0 Å². The Morgan fingerprint density at radius 3 is 2.69 bits per heavy atom. The second kappa shape index (κ2) is 9.90. The number of ether oxygens (including phenoxy) is 1. The Labute approximate surface area is 215 Å². The van der Waals surface area contributed by atoms with Gasteiger partial charge >= 0.3 is 5.97 Å². The molecule has 0 radical (unpaired) electrons. The lowest BCUT2D eigenvalue weighted by atomic mass is 9.67. The maximum absolute atomic E-state index is 14.0. The molecule has 35 heavy (non-hydrogen) atoms. The molecule has 2 bridgehead atoms. The van der Waals surface area contributed by atoms with E-state index >= 15 is 0 Å². The van der Waals surface area contributed by atoms with E-state index in [-0.39, 0.29) is 29.6 Å². The summed E-state index contributed by atoms with van der Waals surface area (Å²) < 4.78 is 8.59. The van der Waals surface area contributed by atoms with Gasteiger partial charge in [-0.25, -0.2) is 0 Å². The smallest absolute Gasteiger partial charge is 0.310 e. The van der Waals surface area contributed by atoms with Gasteiger partial charge in [0.25, 0.3) is 0 Å². The lowest BCUT2D eigenvalue weighted by Crippen LogP contribution is -2.56. The van der Waals surface area contributed by atoms with E-state index in [4.69, 9.17) is 4.74 Å². The molecule has 0 N–H and O–H groups in total.